The molecule has 8 aromatic rings. The second-order valence-corrected chi connectivity index (χ2v) is 14.8. The van der Waals surface area contributed by atoms with Crippen molar-refractivity contribution in [2.75, 3.05) is 9.80 Å². The lowest BCUT2D eigenvalue weighted by atomic mass is 9.82. The molecule has 0 amide bonds. The number of aromatic nitrogens is 1. The molecule has 1 aliphatic rings. The molecule has 0 radical (unpaired) electrons. The van der Waals surface area contributed by atoms with E-state index in [0.717, 1.165) is 56.4 Å². The van der Waals surface area contributed by atoms with Gasteiger partial charge in [-0.25, -0.2) is 0 Å². The van der Waals surface area contributed by atoms with Gasteiger partial charge in [-0.15, -0.1) is 0 Å². The first-order valence-corrected chi connectivity index (χ1v) is 19.0. The number of nitriles is 2. The molecule has 0 atom stereocenters. The summed E-state index contributed by atoms with van der Waals surface area (Å²) in [4.78, 5) is 8.75. The van der Waals surface area contributed by atoms with E-state index in [1.807, 2.05) is 60.8 Å². The molecule has 270 valence electrons. The van der Waals surface area contributed by atoms with Crippen molar-refractivity contribution >= 4 is 34.1 Å². The first-order valence-electron chi connectivity index (χ1n) is 19.0. The van der Waals surface area contributed by atoms with Crippen LogP contribution >= 0.6 is 0 Å². The Balaban J connectivity index is 1.05. The maximum absolute atomic E-state index is 9.54. The standard InChI is InChI=1S/C52H37N5/c1-52(2)50-8-4-3-7-48(50)49-32-47(29-30-51(49)52)57(43-21-11-37(34-54)12-22-43)46-25-15-39(16-26-46)38-13-23-44(24-14-38)56(42-19-9-36(33-53)10-20-42)45-27-17-40(18-28-45)41-6-5-31-55-35-41/h3-32,35H,1-2H3. The summed E-state index contributed by atoms with van der Waals surface area (Å²) in [6, 6.07) is 65.2. The molecule has 1 aliphatic carbocycles. The molecule has 57 heavy (non-hydrogen) atoms. The first kappa shape index (κ1) is 35.0. The van der Waals surface area contributed by atoms with Gasteiger partial charge in [0.15, 0.2) is 0 Å². The molecule has 0 spiro atoms. The van der Waals surface area contributed by atoms with Gasteiger partial charge >= 0.3 is 0 Å². The summed E-state index contributed by atoms with van der Waals surface area (Å²) in [6.07, 6.45) is 3.65. The van der Waals surface area contributed by atoms with Crippen LogP contribution in [0.2, 0.25) is 0 Å². The predicted octanol–water partition coefficient (Wildman–Crippen LogP) is 13.4. The molecule has 1 aromatic heterocycles. The van der Waals surface area contributed by atoms with Crippen molar-refractivity contribution in [2.24, 2.45) is 0 Å². The van der Waals surface area contributed by atoms with Gasteiger partial charge in [-0.3, -0.25) is 4.98 Å². The van der Waals surface area contributed by atoms with E-state index in [2.05, 4.69) is 162 Å². The third-order valence-corrected chi connectivity index (χ3v) is 11.0. The molecule has 7 aromatic carbocycles. The second-order valence-electron chi connectivity index (χ2n) is 14.8. The Bertz CT molecular complexity index is 2790. The highest BCUT2D eigenvalue weighted by atomic mass is 15.1. The van der Waals surface area contributed by atoms with Crippen LogP contribution in [0, 0.1) is 22.7 Å². The second kappa shape index (κ2) is 14.5. The normalized spacial score (nSPS) is 12.1. The summed E-state index contributed by atoms with van der Waals surface area (Å²) in [6.45, 7) is 4.60. The topological polar surface area (TPSA) is 67.0 Å². The molecule has 9 rings (SSSR count). The Morgan fingerprint density at radius 3 is 1.32 bits per heavy atom. The van der Waals surface area contributed by atoms with Crippen molar-refractivity contribution in [2.45, 2.75) is 19.3 Å². The average molecular weight is 732 g/mol. The number of hydrogen-bond donors (Lipinski definition) is 0. The molecule has 1 heterocycles. The van der Waals surface area contributed by atoms with Crippen LogP contribution < -0.4 is 9.80 Å². The van der Waals surface area contributed by atoms with E-state index in [9.17, 15) is 10.5 Å². The van der Waals surface area contributed by atoms with Gasteiger partial charge in [0.25, 0.3) is 0 Å². The fourth-order valence-electron chi connectivity index (χ4n) is 8.05. The number of anilines is 6. The third-order valence-electron chi connectivity index (χ3n) is 11.0. The Labute approximate surface area is 333 Å². The Morgan fingerprint density at radius 1 is 0.421 bits per heavy atom. The van der Waals surface area contributed by atoms with Gasteiger partial charge in [-0.2, -0.15) is 10.5 Å². The van der Waals surface area contributed by atoms with Gasteiger partial charge in [0, 0.05) is 51.9 Å². The van der Waals surface area contributed by atoms with Crippen molar-refractivity contribution < 1.29 is 0 Å². The van der Waals surface area contributed by atoms with Crippen molar-refractivity contribution in [3.63, 3.8) is 0 Å². The Hall–Kier alpha value is -7.73. The summed E-state index contributed by atoms with van der Waals surface area (Å²) in [5, 5.41) is 19.0. The maximum atomic E-state index is 9.54. The third kappa shape index (κ3) is 6.48. The molecule has 0 saturated carbocycles. The Kier molecular flexibility index (Phi) is 8.90. The molecular formula is C52H37N5. The van der Waals surface area contributed by atoms with E-state index < -0.39 is 0 Å². The van der Waals surface area contributed by atoms with Gasteiger partial charge in [0.1, 0.15) is 0 Å². The number of hydrogen-bond acceptors (Lipinski definition) is 5. The van der Waals surface area contributed by atoms with Crippen LogP contribution in [0.3, 0.4) is 0 Å². The molecular weight excluding hydrogens is 695 g/mol. The highest BCUT2D eigenvalue weighted by Crippen LogP contribution is 2.50. The lowest BCUT2D eigenvalue weighted by molar-refractivity contribution is 0.660. The summed E-state index contributed by atoms with van der Waals surface area (Å²) in [5.41, 5.74) is 16.7. The number of fused-ring (bicyclic) bond motifs is 3. The monoisotopic (exact) mass is 731 g/mol. The van der Waals surface area contributed by atoms with Gasteiger partial charge in [-0.05, 0) is 148 Å². The van der Waals surface area contributed by atoms with E-state index in [1.165, 1.54) is 22.3 Å². The summed E-state index contributed by atoms with van der Waals surface area (Å²) < 4.78 is 0. The molecule has 0 N–H and O–H groups in total. The summed E-state index contributed by atoms with van der Waals surface area (Å²) in [5.74, 6) is 0. The fraction of sp³-hybridized carbons (Fsp3) is 0.0577. The molecule has 0 aliphatic heterocycles. The highest BCUT2D eigenvalue weighted by molar-refractivity contribution is 5.87. The minimum absolute atomic E-state index is 0.0785. The van der Waals surface area contributed by atoms with Crippen molar-refractivity contribution in [1.82, 2.24) is 4.98 Å². The number of nitrogens with zero attached hydrogens (tertiary/aromatic N) is 5. The summed E-state index contributed by atoms with van der Waals surface area (Å²) >= 11 is 0. The van der Waals surface area contributed by atoms with Crippen molar-refractivity contribution in [1.29, 1.82) is 10.5 Å². The quantitative estimate of drug-likeness (QED) is 0.156. The van der Waals surface area contributed by atoms with Crippen LogP contribution in [-0.2, 0) is 5.41 Å². The summed E-state index contributed by atoms with van der Waals surface area (Å²) in [7, 11) is 0. The molecule has 5 heteroatoms. The lowest BCUT2D eigenvalue weighted by Gasteiger charge is -2.27. The molecule has 0 bridgehead atoms. The van der Waals surface area contributed by atoms with Crippen LogP contribution in [0.15, 0.2) is 188 Å². The first-order chi connectivity index (χ1) is 27.9. The number of rotatable bonds is 8. The van der Waals surface area contributed by atoms with E-state index >= 15 is 0 Å². The van der Waals surface area contributed by atoms with Crippen molar-refractivity contribution in [3.8, 4) is 45.5 Å². The van der Waals surface area contributed by atoms with Crippen LogP contribution in [-0.4, -0.2) is 4.98 Å². The molecule has 5 nitrogen and oxygen atoms in total. The largest absolute Gasteiger partial charge is 0.311 e. The SMILES string of the molecule is CC1(C)c2ccccc2-c2cc(N(c3ccc(C#N)cc3)c3ccc(-c4ccc(N(c5ccc(C#N)cc5)c5ccc(-c6cccnc6)cc5)cc4)cc3)ccc21. The van der Waals surface area contributed by atoms with Crippen LogP contribution in [0.1, 0.15) is 36.1 Å². The zero-order valence-corrected chi connectivity index (χ0v) is 31.6. The van der Waals surface area contributed by atoms with E-state index in [4.69, 9.17) is 0 Å². The van der Waals surface area contributed by atoms with E-state index in [-0.39, 0.29) is 5.41 Å². The van der Waals surface area contributed by atoms with Gasteiger partial charge in [0.2, 0.25) is 0 Å². The molecule has 0 saturated heterocycles. The van der Waals surface area contributed by atoms with Gasteiger partial charge < -0.3 is 9.80 Å². The minimum Gasteiger partial charge on any atom is -0.311 e. The average Bonchev–Trinajstić information content (AvgIpc) is 3.50. The minimum atomic E-state index is -0.0785. The predicted molar refractivity (Wildman–Crippen MR) is 231 cm³/mol. The van der Waals surface area contributed by atoms with Crippen LogP contribution in [0.5, 0.6) is 0 Å². The smallest absolute Gasteiger partial charge is 0.0991 e. The lowest BCUT2D eigenvalue weighted by Crippen LogP contribution is -2.15. The Morgan fingerprint density at radius 2 is 0.842 bits per heavy atom. The number of pyridine rings is 1. The molecule has 0 fully saturated rings. The van der Waals surface area contributed by atoms with Crippen LogP contribution in [0.25, 0.3) is 33.4 Å². The number of benzene rings is 7. The van der Waals surface area contributed by atoms with E-state index in [0.29, 0.717) is 11.1 Å². The van der Waals surface area contributed by atoms with Crippen LogP contribution in [0.4, 0.5) is 34.1 Å². The van der Waals surface area contributed by atoms with Crippen molar-refractivity contribution in [3.05, 3.63) is 211 Å². The zero-order valence-electron chi connectivity index (χ0n) is 31.6. The zero-order chi connectivity index (χ0) is 38.9. The van der Waals surface area contributed by atoms with Gasteiger partial charge in [-0.1, -0.05) is 86.6 Å². The highest BCUT2D eigenvalue weighted by Gasteiger charge is 2.35. The molecule has 0 unspecified atom stereocenters. The van der Waals surface area contributed by atoms with E-state index in [1.54, 1.807) is 6.20 Å². The fourth-order valence-corrected chi connectivity index (χ4v) is 8.05. The maximum Gasteiger partial charge on any atom is 0.0991 e. The van der Waals surface area contributed by atoms with Gasteiger partial charge in [0.05, 0.1) is 23.3 Å².